The first-order valence-corrected chi connectivity index (χ1v) is 6.12. The standard InChI is InChI=1S/C13H23NO2/c1-11-9-12(2,3)5-6-13(11,10-14)16-8-4-7-15/h11,15H,4-9H2,1-3H3. The van der Waals surface area contributed by atoms with E-state index in [2.05, 4.69) is 26.8 Å². The minimum atomic E-state index is -0.620. The number of aliphatic hydroxyl groups is 1. The van der Waals surface area contributed by atoms with Crippen molar-refractivity contribution in [1.29, 1.82) is 5.26 Å². The van der Waals surface area contributed by atoms with Crippen molar-refractivity contribution >= 4 is 0 Å². The molecular formula is C13H23NO2. The van der Waals surface area contributed by atoms with Crippen LogP contribution in [0.4, 0.5) is 0 Å². The third-order valence-electron chi connectivity index (χ3n) is 3.68. The SMILES string of the molecule is CC1CC(C)(C)CCC1(C#N)OCCCO. The van der Waals surface area contributed by atoms with E-state index in [1.54, 1.807) is 0 Å². The normalized spacial score (nSPS) is 33.3. The second-order valence-electron chi connectivity index (χ2n) is 5.70. The van der Waals surface area contributed by atoms with Gasteiger partial charge in [0.1, 0.15) is 0 Å². The molecule has 0 aromatic carbocycles. The zero-order valence-corrected chi connectivity index (χ0v) is 10.6. The van der Waals surface area contributed by atoms with E-state index in [0.717, 1.165) is 19.3 Å². The highest BCUT2D eigenvalue weighted by molar-refractivity contribution is 5.09. The highest BCUT2D eigenvalue weighted by Crippen LogP contribution is 2.45. The molecule has 2 atom stereocenters. The third kappa shape index (κ3) is 2.96. The predicted octanol–water partition coefficient (Wildman–Crippen LogP) is 2.49. The van der Waals surface area contributed by atoms with E-state index in [0.29, 0.717) is 18.4 Å². The summed E-state index contributed by atoms with van der Waals surface area (Å²) >= 11 is 0. The van der Waals surface area contributed by atoms with E-state index in [9.17, 15) is 5.26 Å². The lowest BCUT2D eigenvalue weighted by molar-refractivity contribution is -0.0867. The molecule has 0 radical (unpaired) electrons. The summed E-state index contributed by atoms with van der Waals surface area (Å²) < 4.78 is 5.74. The molecule has 1 fully saturated rings. The van der Waals surface area contributed by atoms with Crippen LogP contribution < -0.4 is 0 Å². The molecule has 0 amide bonds. The number of rotatable bonds is 4. The molecule has 0 aromatic heterocycles. The van der Waals surface area contributed by atoms with Crippen molar-refractivity contribution in [3.8, 4) is 6.07 Å². The number of nitrogens with zero attached hydrogens (tertiary/aromatic N) is 1. The number of hydrogen-bond acceptors (Lipinski definition) is 3. The zero-order chi connectivity index (χ0) is 12.2. The maximum absolute atomic E-state index is 9.34. The van der Waals surface area contributed by atoms with Crippen LogP contribution in [-0.2, 0) is 4.74 Å². The van der Waals surface area contributed by atoms with E-state index in [4.69, 9.17) is 9.84 Å². The fourth-order valence-electron chi connectivity index (χ4n) is 2.60. The number of nitriles is 1. The van der Waals surface area contributed by atoms with Gasteiger partial charge in [0.15, 0.2) is 5.60 Å². The van der Waals surface area contributed by atoms with E-state index < -0.39 is 5.60 Å². The van der Waals surface area contributed by atoms with Crippen LogP contribution in [0.1, 0.15) is 46.5 Å². The number of ether oxygens (including phenoxy) is 1. The molecule has 3 nitrogen and oxygen atoms in total. The molecule has 0 aromatic rings. The molecule has 1 rings (SSSR count). The van der Waals surface area contributed by atoms with Crippen LogP contribution in [0.2, 0.25) is 0 Å². The largest absolute Gasteiger partial charge is 0.396 e. The van der Waals surface area contributed by atoms with Gasteiger partial charge in [-0.25, -0.2) is 0 Å². The fourth-order valence-corrected chi connectivity index (χ4v) is 2.60. The van der Waals surface area contributed by atoms with Gasteiger partial charge in [-0.15, -0.1) is 0 Å². The van der Waals surface area contributed by atoms with Crippen LogP contribution in [-0.4, -0.2) is 23.9 Å². The van der Waals surface area contributed by atoms with Crippen LogP contribution in [0.5, 0.6) is 0 Å². The van der Waals surface area contributed by atoms with Crippen LogP contribution in [0.3, 0.4) is 0 Å². The predicted molar refractivity (Wildman–Crippen MR) is 62.8 cm³/mol. The summed E-state index contributed by atoms with van der Waals surface area (Å²) in [6.45, 7) is 7.20. The molecule has 2 unspecified atom stereocenters. The fraction of sp³-hybridized carbons (Fsp3) is 0.923. The molecule has 0 bridgehead atoms. The Bertz CT molecular complexity index is 270. The van der Waals surface area contributed by atoms with Crippen molar-refractivity contribution in [2.75, 3.05) is 13.2 Å². The topological polar surface area (TPSA) is 53.2 Å². The second-order valence-corrected chi connectivity index (χ2v) is 5.70. The summed E-state index contributed by atoms with van der Waals surface area (Å²) in [4.78, 5) is 0. The minimum absolute atomic E-state index is 0.126. The highest BCUT2D eigenvalue weighted by atomic mass is 16.5. The Balaban J connectivity index is 2.63. The summed E-state index contributed by atoms with van der Waals surface area (Å²) in [7, 11) is 0. The van der Waals surface area contributed by atoms with E-state index in [1.165, 1.54) is 0 Å². The van der Waals surface area contributed by atoms with Crippen molar-refractivity contribution in [2.24, 2.45) is 11.3 Å². The summed E-state index contributed by atoms with van der Waals surface area (Å²) in [6.07, 6.45) is 3.48. The molecule has 0 aliphatic heterocycles. The summed E-state index contributed by atoms with van der Waals surface area (Å²) in [5.41, 5.74) is -0.301. The Labute approximate surface area is 98.4 Å². The van der Waals surface area contributed by atoms with Gasteiger partial charge in [-0.05, 0) is 37.0 Å². The number of hydrogen-bond donors (Lipinski definition) is 1. The minimum Gasteiger partial charge on any atom is -0.396 e. The molecule has 0 spiro atoms. The molecule has 3 heteroatoms. The summed E-state index contributed by atoms with van der Waals surface area (Å²) in [6, 6.07) is 2.36. The van der Waals surface area contributed by atoms with E-state index in [-0.39, 0.29) is 12.5 Å². The Kier molecular flexibility index (Phi) is 4.35. The highest BCUT2D eigenvalue weighted by Gasteiger charge is 2.45. The van der Waals surface area contributed by atoms with Gasteiger partial charge in [0.2, 0.25) is 0 Å². The lowest BCUT2D eigenvalue weighted by Crippen LogP contribution is -2.45. The van der Waals surface area contributed by atoms with Gasteiger partial charge < -0.3 is 9.84 Å². The molecule has 1 aliphatic carbocycles. The molecule has 16 heavy (non-hydrogen) atoms. The van der Waals surface area contributed by atoms with Gasteiger partial charge in [0.25, 0.3) is 0 Å². The monoisotopic (exact) mass is 225 g/mol. The van der Waals surface area contributed by atoms with Gasteiger partial charge >= 0.3 is 0 Å². The molecule has 0 heterocycles. The molecule has 1 aliphatic rings. The van der Waals surface area contributed by atoms with Crippen molar-refractivity contribution in [3.05, 3.63) is 0 Å². The molecule has 92 valence electrons. The maximum atomic E-state index is 9.34. The Hall–Kier alpha value is -0.590. The van der Waals surface area contributed by atoms with Crippen molar-refractivity contribution in [2.45, 2.75) is 52.1 Å². The molecular weight excluding hydrogens is 202 g/mol. The van der Waals surface area contributed by atoms with Gasteiger partial charge in [0, 0.05) is 6.61 Å². The summed E-state index contributed by atoms with van der Waals surface area (Å²) in [5.74, 6) is 0.264. The van der Waals surface area contributed by atoms with Gasteiger partial charge in [-0.1, -0.05) is 20.8 Å². The maximum Gasteiger partial charge on any atom is 0.156 e. The average molecular weight is 225 g/mol. The third-order valence-corrected chi connectivity index (χ3v) is 3.68. The smallest absolute Gasteiger partial charge is 0.156 e. The molecule has 1 N–H and O–H groups in total. The van der Waals surface area contributed by atoms with E-state index >= 15 is 0 Å². The van der Waals surface area contributed by atoms with Gasteiger partial charge in [-0.2, -0.15) is 5.26 Å². The quantitative estimate of drug-likeness (QED) is 0.748. The Morgan fingerprint density at radius 2 is 2.12 bits per heavy atom. The first kappa shape index (κ1) is 13.5. The van der Waals surface area contributed by atoms with Crippen LogP contribution in [0.25, 0.3) is 0 Å². The Morgan fingerprint density at radius 3 is 2.62 bits per heavy atom. The average Bonchev–Trinajstić information content (AvgIpc) is 2.21. The van der Waals surface area contributed by atoms with Gasteiger partial charge in [-0.3, -0.25) is 0 Å². The molecule has 1 saturated carbocycles. The first-order chi connectivity index (χ1) is 7.46. The van der Waals surface area contributed by atoms with Gasteiger partial charge in [0.05, 0.1) is 12.7 Å². The van der Waals surface area contributed by atoms with E-state index in [1.807, 2.05) is 0 Å². The zero-order valence-electron chi connectivity index (χ0n) is 10.6. The lowest BCUT2D eigenvalue weighted by Gasteiger charge is -2.44. The van der Waals surface area contributed by atoms with Crippen molar-refractivity contribution in [3.63, 3.8) is 0 Å². The van der Waals surface area contributed by atoms with Crippen LogP contribution in [0.15, 0.2) is 0 Å². The first-order valence-electron chi connectivity index (χ1n) is 6.12. The van der Waals surface area contributed by atoms with Crippen LogP contribution in [0, 0.1) is 22.7 Å². The lowest BCUT2D eigenvalue weighted by atomic mass is 9.66. The molecule has 0 saturated heterocycles. The Morgan fingerprint density at radius 1 is 1.44 bits per heavy atom. The second kappa shape index (κ2) is 5.16. The van der Waals surface area contributed by atoms with Crippen molar-refractivity contribution in [1.82, 2.24) is 0 Å². The summed E-state index contributed by atoms with van der Waals surface area (Å²) in [5, 5.41) is 18.1. The number of aliphatic hydroxyl groups excluding tert-OH is 1. The van der Waals surface area contributed by atoms with Crippen molar-refractivity contribution < 1.29 is 9.84 Å². The van der Waals surface area contributed by atoms with Crippen LogP contribution >= 0.6 is 0 Å².